The molecular weight excluding hydrogens is 394 g/mol. The monoisotopic (exact) mass is 417 g/mol. The number of nitrogens with zero attached hydrogens (tertiary/aromatic N) is 3. The van der Waals surface area contributed by atoms with Crippen molar-refractivity contribution in [3.8, 4) is 17.0 Å². The van der Waals surface area contributed by atoms with E-state index in [1.165, 1.54) is 31.1 Å². The number of ether oxygens (including phenoxy) is 1. The highest BCUT2D eigenvalue weighted by molar-refractivity contribution is 7.89. The summed E-state index contributed by atoms with van der Waals surface area (Å²) < 4.78 is 33.7. The predicted octanol–water partition coefficient (Wildman–Crippen LogP) is 1.73. The number of hydrogen-bond donors (Lipinski definition) is 2. The van der Waals surface area contributed by atoms with Crippen LogP contribution in [0.4, 0.5) is 5.82 Å². The van der Waals surface area contributed by atoms with Crippen LogP contribution in [-0.2, 0) is 17.1 Å². The Morgan fingerprint density at radius 2 is 1.93 bits per heavy atom. The predicted molar refractivity (Wildman–Crippen MR) is 112 cm³/mol. The third-order valence-electron chi connectivity index (χ3n) is 4.35. The van der Waals surface area contributed by atoms with Gasteiger partial charge in [-0.2, -0.15) is 0 Å². The van der Waals surface area contributed by atoms with Crippen LogP contribution in [0.15, 0.2) is 40.3 Å². The van der Waals surface area contributed by atoms with Crippen LogP contribution in [0.5, 0.6) is 5.75 Å². The highest BCUT2D eigenvalue weighted by atomic mass is 32.2. The van der Waals surface area contributed by atoms with E-state index in [0.29, 0.717) is 28.0 Å². The summed E-state index contributed by atoms with van der Waals surface area (Å²) in [6, 6.07) is 6.46. The first-order valence-corrected chi connectivity index (χ1v) is 10.4. The Bertz CT molecular complexity index is 1240. The minimum atomic E-state index is -3.74. The lowest BCUT2D eigenvalue weighted by molar-refractivity contribution is 0.402. The summed E-state index contributed by atoms with van der Waals surface area (Å²) in [6.45, 7) is 3.87. The Balaban J connectivity index is 2.29. The number of rotatable bonds is 6. The van der Waals surface area contributed by atoms with E-state index >= 15 is 0 Å². The lowest BCUT2D eigenvalue weighted by Crippen LogP contribution is -2.21. The Hall–Kier alpha value is -2.98. The van der Waals surface area contributed by atoms with Gasteiger partial charge in [0, 0.05) is 18.7 Å². The summed E-state index contributed by atoms with van der Waals surface area (Å²) in [5.41, 5.74) is 1.29. The standard InChI is InChI=1S/C19H23N5O4S/c1-11(2)22-18-17-14(21-10-24(4)19(17)25)9-13(23-18)12-6-7-15(28-5)16(8-12)29(26,27)20-3/h6-11,20H,1-5H3,(H,22,23). The molecule has 2 N–H and O–H groups in total. The van der Waals surface area contributed by atoms with Gasteiger partial charge in [-0.25, -0.2) is 23.1 Å². The number of aryl methyl sites for hydroxylation is 1. The molecule has 0 unspecified atom stereocenters. The second-order valence-electron chi connectivity index (χ2n) is 6.78. The largest absolute Gasteiger partial charge is 0.495 e. The Morgan fingerprint density at radius 3 is 2.55 bits per heavy atom. The molecular formula is C19H23N5O4S. The number of pyridine rings is 1. The molecule has 0 saturated heterocycles. The van der Waals surface area contributed by atoms with Crippen LogP contribution in [-0.4, -0.2) is 43.2 Å². The fourth-order valence-corrected chi connectivity index (χ4v) is 3.82. The number of nitrogens with one attached hydrogen (secondary N) is 2. The fraction of sp³-hybridized carbons (Fsp3) is 0.316. The molecule has 0 aliphatic carbocycles. The molecule has 0 atom stereocenters. The van der Waals surface area contributed by atoms with Gasteiger partial charge in [-0.05, 0) is 45.2 Å². The van der Waals surface area contributed by atoms with Crippen molar-refractivity contribution in [3.05, 3.63) is 40.9 Å². The third kappa shape index (κ3) is 3.94. The fourth-order valence-electron chi connectivity index (χ4n) is 2.90. The summed E-state index contributed by atoms with van der Waals surface area (Å²) in [5.74, 6) is 0.617. The van der Waals surface area contributed by atoms with Gasteiger partial charge in [0.1, 0.15) is 21.8 Å². The zero-order valence-corrected chi connectivity index (χ0v) is 17.7. The lowest BCUT2D eigenvalue weighted by atomic mass is 10.1. The van der Waals surface area contributed by atoms with Crippen LogP contribution in [0, 0.1) is 0 Å². The van der Waals surface area contributed by atoms with Crippen LogP contribution in [0.3, 0.4) is 0 Å². The SMILES string of the molecule is CNS(=O)(=O)c1cc(-c2cc3ncn(C)c(=O)c3c(NC(C)C)n2)ccc1OC. The minimum absolute atomic E-state index is 0.00259. The molecule has 9 nitrogen and oxygen atoms in total. The van der Waals surface area contributed by atoms with Gasteiger partial charge in [0.2, 0.25) is 10.0 Å². The number of aromatic nitrogens is 3. The number of fused-ring (bicyclic) bond motifs is 1. The second-order valence-corrected chi connectivity index (χ2v) is 8.64. The van der Waals surface area contributed by atoms with Crippen molar-refractivity contribution >= 4 is 26.7 Å². The van der Waals surface area contributed by atoms with E-state index in [0.717, 1.165) is 0 Å². The van der Waals surface area contributed by atoms with Crippen LogP contribution >= 0.6 is 0 Å². The Labute approximate surface area is 168 Å². The van der Waals surface area contributed by atoms with Crippen molar-refractivity contribution in [2.45, 2.75) is 24.8 Å². The lowest BCUT2D eigenvalue weighted by Gasteiger charge is -2.15. The van der Waals surface area contributed by atoms with Crippen LogP contribution in [0.25, 0.3) is 22.2 Å². The zero-order valence-electron chi connectivity index (χ0n) is 16.8. The molecule has 0 aliphatic rings. The van der Waals surface area contributed by atoms with E-state index in [2.05, 4.69) is 20.0 Å². The van der Waals surface area contributed by atoms with Crippen LogP contribution < -0.4 is 20.3 Å². The summed E-state index contributed by atoms with van der Waals surface area (Å²) in [7, 11) is 0.621. The minimum Gasteiger partial charge on any atom is -0.495 e. The molecule has 0 aliphatic heterocycles. The molecule has 1 aromatic carbocycles. The number of sulfonamides is 1. The van der Waals surface area contributed by atoms with Gasteiger partial charge in [-0.1, -0.05) is 0 Å². The van der Waals surface area contributed by atoms with Crippen molar-refractivity contribution in [2.75, 3.05) is 19.5 Å². The number of anilines is 1. The van der Waals surface area contributed by atoms with Crippen molar-refractivity contribution < 1.29 is 13.2 Å². The van der Waals surface area contributed by atoms with E-state index in [1.807, 2.05) is 13.8 Å². The second kappa shape index (κ2) is 7.80. The first-order chi connectivity index (χ1) is 13.7. The molecule has 0 radical (unpaired) electrons. The Morgan fingerprint density at radius 1 is 1.21 bits per heavy atom. The van der Waals surface area contributed by atoms with Crippen LogP contribution in [0.2, 0.25) is 0 Å². The van der Waals surface area contributed by atoms with Gasteiger partial charge in [0.05, 0.1) is 24.6 Å². The number of methoxy groups -OCH3 is 1. The Kier molecular flexibility index (Phi) is 5.58. The zero-order chi connectivity index (χ0) is 21.3. The van der Waals surface area contributed by atoms with Gasteiger partial charge >= 0.3 is 0 Å². The van der Waals surface area contributed by atoms with Gasteiger partial charge in [-0.3, -0.25) is 4.79 Å². The highest BCUT2D eigenvalue weighted by Crippen LogP contribution is 2.31. The molecule has 10 heteroatoms. The highest BCUT2D eigenvalue weighted by Gasteiger charge is 2.20. The molecule has 0 spiro atoms. The summed E-state index contributed by atoms with van der Waals surface area (Å²) in [6.07, 6.45) is 1.44. The molecule has 29 heavy (non-hydrogen) atoms. The van der Waals surface area contributed by atoms with Crippen molar-refractivity contribution in [1.82, 2.24) is 19.3 Å². The normalized spacial score (nSPS) is 11.8. The van der Waals surface area contributed by atoms with E-state index in [1.54, 1.807) is 25.2 Å². The summed E-state index contributed by atoms with van der Waals surface area (Å²) >= 11 is 0. The van der Waals surface area contributed by atoms with Gasteiger partial charge < -0.3 is 14.6 Å². The smallest absolute Gasteiger partial charge is 0.264 e. The maximum absolute atomic E-state index is 12.6. The topological polar surface area (TPSA) is 115 Å². The molecule has 0 saturated carbocycles. The van der Waals surface area contributed by atoms with Crippen molar-refractivity contribution in [2.24, 2.45) is 7.05 Å². The molecule has 0 fully saturated rings. The maximum Gasteiger partial charge on any atom is 0.264 e. The van der Waals surface area contributed by atoms with Gasteiger partial charge in [-0.15, -0.1) is 0 Å². The van der Waals surface area contributed by atoms with Gasteiger partial charge in [0.15, 0.2) is 0 Å². The third-order valence-corrected chi connectivity index (χ3v) is 5.78. The average Bonchev–Trinajstić information content (AvgIpc) is 2.69. The quantitative estimate of drug-likeness (QED) is 0.628. The summed E-state index contributed by atoms with van der Waals surface area (Å²) in [4.78, 5) is 21.6. The molecule has 2 heterocycles. The molecule has 3 aromatic rings. The molecule has 154 valence electrons. The average molecular weight is 417 g/mol. The number of hydrogen-bond acceptors (Lipinski definition) is 7. The first-order valence-electron chi connectivity index (χ1n) is 8.92. The summed E-state index contributed by atoms with van der Waals surface area (Å²) in [5, 5.41) is 3.56. The van der Waals surface area contributed by atoms with Crippen molar-refractivity contribution in [3.63, 3.8) is 0 Å². The molecule has 0 bridgehead atoms. The molecule has 3 rings (SSSR count). The first kappa shape index (κ1) is 20.7. The van der Waals surface area contributed by atoms with E-state index in [9.17, 15) is 13.2 Å². The van der Waals surface area contributed by atoms with E-state index in [4.69, 9.17) is 4.74 Å². The molecule has 2 aromatic heterocycles. The van der Waals surface area contributed by atoms with Crippen LogP contribution in [0.1, 0.15) is 13.8 Å². The molecule has 0 amide bonds. The maximum atomic E-state index is 12.6. The van der Waals surface area contributed by atoms with E-state index in [-0.39, 0.29) is 22.2 Å². The van der Waals surface area contributed by atoms with Gasteiger partial charge in [0.25, 0.3) is 5.56 Å². The van der Waals surface area contributed by atoms with Crippen molar-refractivity contribution in [1.29, 1.82) is 0 Å². The number of benzene rings is 1. The van der Waals surface area contributed by atoms with E-state index < -0.39 is 10.0 Å².